The molecule has 0 aromatic heterocycles. The molecular weight excluding hydrogens is 174 g/mol. The zero-order chi connectivity index (χ0) is 8.44. The van der Waals surface area contributed by atoms with Crippen molar-refractivity contribution in [3.05, 3.63) is 0 Å². The van der Waals surface area contributed by atoms with E-state index >= 15 is 0 Å². The zero-order valence-electron chi connectivity index (χ0n) is 7.24. The van der Waals surface area contributed by atoms with Crippen molar-refractivity contribution in [3.63, 3.8) is 0 Å². The Labute approximate surface area is 78.6 Å². The van der Waals surface area contributed by atoms with Gasteiger partial charge in [-0.05, 0) is 0 Å². The van der Waals surface area contributed by atoms with Gasteiger partial charge in [-0.25, -0.2) is 0 Å². The van der Waals surface area contributed by atoms with Gasteiger partial charge in [0.1, 0.15) is 25.7 Å². The lowest BCUT2D eigenvalue weighted by Gasteiger charge is -2.35. The number of hydrogen-bond acceptors (Lipinski definition) is 3. The topological polar surface area (TPSA) is 18.5 Å². The number of hydrogen-bond donors (Lipinski definition) is 1. The van der Waals surface area contributed by atoms with Crippen LogP contribution in [0.15, 0.2) is 0 Å². The highest BCUT2D eigenvalue weighted by atomic mass is 32.1. The van der Waals surface area contributed by atoms with Crippen molar-refractivity contribution in [3.8, 4) is 0 Å². The molecule has 0 N–H and O–H groups in total. The van der Waals surface area contributed by atoms with Crippen molar-refractivity contribution < 1.29 is 14.0 Å². The molecule has 1 spiro atoms. The quantitative estimate of drug-likeness (QED) is 0.468. The van der Waals surface area contributed by atoms with Crippen molar-refractivity contribution in [2.75, 3.05) is 45.3 Å². The van der Waals surface area contributed by atoms with Crippen LogP contribution in [0.2, 0.25) is 0 Å². The highest BCUT2D eigenvalue weighted by Crippen LogP contribution is 2.21. The first-order valence-corrected chi connectivity index (χ1v) is 5.13. The van der Waals surface area contributed by atoms with E-state index < -0.39 is 0 Å². The monoisotopic (exact) mass is 190 g/mol. The summed E-state index contributed by atoms with van der Waals surface area (Å²) in [5, 5.41) is 0. The predicted molar refractivity (Wildman–Crippen MR) is 49.3 cm³/mol. The molecule has 2 aliphatic rings. The number of quaternary nitrogens is 1. The number of thiol groups is 1. The van der Waals surface area contributed by atoms with E-state index in [1.807, 2.05) is 0 Å². The molecule has 12 heavy (non-hydrogen) atoms. The van der Waals surface area contributed by atoms with E-state index in [0.717, 1.165) is 49.8 Å². The second-order valence-electron chi connectivity index (χ2n) is 3.68. The molecule has 0 aromatic carbocycles. The molecule has 2 aliphatic heterocycles. The molecule has 2 heterocycles. The van der Waals surface area contributed by atoms with E-state index in [2.05, 4.69) is 12.6 Å². The molecular formula is C8H16NO2S+. The van der Waals surface area contributed by atoms with Crippen LogP contribution >= 0.6 is 12.6 Å². The molecule has 0 radical (unpaired) electrons. The third kappa shape index (κ3) is 1.62. The first kappa shape index (κ1) is 8.81. The van der Waals surface area contributed by atoms with Gasteiger partial charge in [-0.2, -0.15) is 12.6 Å². The number of morpholine rings is 1. The summed E-state index contributed by atoms with van der Waals surface area (Å²) >= 11 is 4.25. The average molecular weight is 190 g/mol. The fourth-order valence-corrected chi connectivity index (χ4v) is 2.17. The summed E-state index contributed by atoms with van der Waals surface area (Å²) in [6.45, 7) is 6.02. The van der Waals surface area contributed by atoms with Gasteiger partial charge in [0.15, 0.2) is 6.73 Å². The minimum Gasteiger partial charge on any atom is -0.370 e. The van der Waals surface area contributed by atoms with Crippen LogP contribution in [0, 0.1) is 0 Å². The van der Waals surface area contributed by atoms with Gasteiger partial charge in [0.25, 0.3) is 0 Å². The van der Waals surface area contributed by atoms with Gasteiger partial charge in [-0.15, -0.1) is 0 Å². The summed E-state index contributed by atoms with van der Waals surface area (Å²) in [6.07, 6.45) is 0.367. The molecule has 3 nitrogen and oxygen atoms in total. The van der Waals surface area contributed by atoms with E-state index in [0.29, 0.717) is 6.10 Å². The molecule has 2 rings (SSSR count). The summed E-state index contributed by atoms with van der Waals surface area (Å²) in [5.41, 5.74) is 0. The Kier molecular flexibility index (Phi) is 2.60. The number of rotatable bonds is 1. The Morgan fingerprint density at radius 1 is 1.33 bits per heavy atom. The van der Waals surface area contributed by atoms with Crippen molar-refractivity contribution in [2.24, 2.45) is 0 Å². The van der Waals surface area contributed by atoms with Gasteiger partial charge in [-0.3, -0.25) is 4.48 Å². The normalized spacial score (nSPS) is 34.2. The van der Waals surface area contributed by atoms with Crippen LogP contribution < -0.4 is 0 Å². The lowest BCUT2D eigenvalue weighted by molar-refractivity contribution is -0.932. The highest BCUT2D eigenvalue weighted by molar-refractivity contribution is 7.80. The lowest BCUT2D eigenvalue weighted by atomic mass is 10.3. The molecule has 70 valence electrons. The van der Waals surface area contributed by atoms with Crippen molar-refractivity contribution in [1.82, 2.24) is 0 Å². The number of nitrogens with zero attached hydrogens (tertiary/aromatic N) is 1. The Balaban J connectivity index is 1.94. The molecule has 4 heteroatoms. The fraction of sp³-hybridized carbons (Fsp3) is 1.00. The van der Waals surface area contributed by atoms with Crippen LogP contribution in [0.3, 0.4) is 0 Å². The number of ether oxygens (including phenoxy) is 2. The van der Waals surface area contributed by atoms with Gasteiger partial charge >= 0.3 is 0 Å². The third-order valence-electron chi connectivity index (χ3n) is 2.80. The van der Waals surface area contributed by atoms with Crippen LogP contribution in [-0.4, -0.2) is 55.9 Å². The summed E-state index contributed by atoms with van der Waals surface area (Å²) in [6, 6.07) is 0. The van der Waals surface area contributed by atoms with Crippen molar-refractivity contribution in [2.45, 2.75) is 6.10 Å². The van der Waals surface area contributed by atoms with Crippen molar-refractivity contribution in [1.29, 1.82) is 0 Å². The molecule has 2 fully saturated rings. The first-order valence-electron chi connectivity index (χ1n) is 4.50. The second kappa shape index (κ2) is 3.54. The Hall–Kier alpha value is 0.230. The first-order chi connectivity index (χ1) is 5.85. The van der Waals surface area contributed by atoms with Crippen LogP contribution in [0.25, 0.3) is 0 Å². The fourth-order valence-electron chi connectivity index (χ4n) is 1.95. The predicted octanol–water partition coefficient (Wildman–Crippen LogP) is 0.119. The van der Waals surface area contributed by atoms with Gasteiger partial charge in [0, 0.05) is 5.75 Å². The van der Waals surface area contributed by atoms with E-state index in [1.165, 1.54) is 0 Å². The molecule has 0 bridgehead atoms. The highest BCUT2D eigenvalue weighted by Gasteiger charge is 2.39. The van der Waals surface area contributed by atoms with Crippen molar-refractivity contribution >= 4 is 12.6 Å². The Morgan fingerprint density at radius 2 is 2.08 bits per heavy atom. The average Bonchev–Trinajstić information content (AvgIpc) is 2.50. The van der Waals surface area contributed by atoms with Gasteiger partial charge in [0.05, 0.1) is 13.2 Å². The minimum absolute atomic E-state index is 0.367. The van der Waals surface area contributed by atoms with E-state index in [4.69, 9.17) is 9.47 Å². The van der Waals surface area contributed by atoms with Gasteiger partial charge in [0.2, 0.25) is 0 Å². The van der Waals surface area contributed by atoms with E-state index in [-0.39, 0.29) is 0 Å². The second-order valence-corrected chi connectivity index (χ2v) is 4.05. The van der Waals surface area contributed by atoms with Crippen LogP contribution in [-0.2, 0) is 9.47 Å². The summed E-state index contributed by atoms with van der Waals surface area (Å²) in [4.78, 5) is 0. The van der Waals surface area contributed by atoms with Crippen LogP contribution in [0.1, 0.15) is 0 Å². The zero-order valence-corrected chi connectivity index (χ0v) is 8.13. The maximum atomic E-state index is 5.64. The standard InChI is InChI=1S/C8H15NO2S/c12-6-8-5-9(7-11-8)1-3-10-4-2-9/h8H,1-7H2/p+1. The molecule has 1 atom stereocenters. The third-order valence-corrected chi connectivity index (χ3v) is 3.21. The van der Waals surface area contributed by atoms with Crippen LogP contribution in [0.4, 0.5) is 0 Å². The maximum absolute atomic E-state index is 5.64. The Bertz CT molecular complexity index is 159. The summed E-state index contributed by atoms with van der Waals surface area (Å²) < 4.78 is 12.1. The molecule has 0 amide bonds. The maximum Gasteiger partial charge on any atom is 0.184 e. The molecule has 0 aliphatic carbocycles. The minimum atomic E-state index is 0.367. The van der Waals surface area contributed by atoms with Gasteiger partial charge < -0.3 is 9.47 Å². The molecule has 0 aromatic rings. The molecule has 0 saturated carbocycles. The molecule has 2 saturated heterocycles. The van der Waals surface area contributed by atoms with Crippen LogP contribution in [0.5, 0.6) is 0 Å². The van der Waals surface area contributed by atoms with E-state index in [9.17, 15) is 0 Å². The lowest BCUT2D eigenvalue weighted by Crippen LogP contribution is -2.53. The smallest absolute Gasteiger partial charge is 0.184 e. The molecule has 1 unspecified atom stereocenters. The SMILES string of the molecule is SCC1C[N+]2(CCOCC2)CO1. The summed E-state index contributed by atoms with van der Waals surface area (Å²) in [7, 11) is 0. The largest absolute Gasteiger partial charge is 0.370 e. The van der Waals surface area contributed by atoms with Gasteiger partial charge in [-0.1, -0.05) is 0 Å². The summed E-state index contributed by atoms with van der Waals surface area (Å²) in [5.74, 6) is 0.848. The Morgan fingerprint density at radius 3 is 2.67 bits per heavy atom. The van der Waals surface area contributed by atoms with E-state index in [1.54, 1.807) is 0 Å².